The summed E-state index contributed by atoms with van der Waals surface area (Å²) in [5.74, 6) is 2.30. The molecule has 3 rings (SSSR count). The molecule has 170 valence electrons. The van der Waals surface area contributed by atoms with Crippen molar-refractivity contribution in [3.8, 4) is 17.2 Å². The van der Waals surface area contributed by atoms with Gasteiger partial charge < -0.3 is 24.1 Å². The smallest absolute Gasteiger partial charge is 0.161 e. The van der Waals surface area contributed by atoms with E-state index in [2.05, 4.69) is 24.0 Å². The summed E-state index contributed by atoms with van der Waals surface area (Å²) in [7, 11) is 3.30. The molecule has 0 aromatic heterocycles. The van der Waals surface area contributed by atoms with E-state index < -0.39 is 5.60 Å². The number of benzene rings is 2. The Bertz CT molecular complexity index is 846. The van der Waals surface area contributed by atoms with Crippen LogP contribution >= 0.6 is 0 Å². The van der Waals surface area contributed by atoms with E-state index in [9.17, 15) is 5.11 Å². The Morgan fingerprint density at radius 1 is 0.903 bits per heavy atom. The minimum absolute atomic E-state index is 0.324. The highest BCUT2D eigenvalue weighted by atomic mass is 16.5. The lowest BCUT2D eigenvalue weighted by molar-refractivity contribution is -0.0538. The van der Waals surface area contributed by atoms with Crippen LogP contribution in [-0.2, 0) is 11.3 Å². The summed E-state index contributed by atoms with van der Waals surface area (Å²) in [6, 6.07) is 12.2. The van der Waals surface area contributed by atoms with Crippen LogP contribution in [0.4, 0.5) is 0 Å². The standard InChI is InChI=1S/C25H35NO5/c1-19-5-7-22(20(2)15-19)31-18-25(27)9-11-26(12-10-25)17-21-6-8-23(29-4)24(16-21)30-14-13-28-3/h5-8,15-16,27H,9-14,17-18H2,1-4H3. The summed E-state index contributed by atoms with van der Waals surface area (Å²) in [5.41, 5.74) is 2.68. The van der Waals surface area contributed by atoms with Crippen molar-refractivity contribution in [3.05, 3.63) is 53.1 Å². The lowest BCUT2D eigenvalue weighted by atomic mass is 9.92. The second-order valence-electron chi connectivity index (χ2n) is 8.38. The zero-order valence-electron chi connectivity index (χ0n) is 19.1. The molecule has 1 fully saturated rings. The van der Waals surface area contributed by atoms with Gasteiger partial charge in [-0.15, -0.1) is 0 Å². The van der Waals surface area contributed by atoms with Gasteiger partial charge in [0, 0.05) is 26.7 Å². The lowest BCUT2D eigenvalue weighted by Gasteiger charge is -2.38. The predicted octanol–water partition coefficient (Wildman–Crippen LogP) is 3.74. The fourth-order valence-electron chi connectivity index (χ4n) is 3.87. The first-order valence-corrected chi connectivity index (χ1v) is 10.9. The SMILES string of the molecule is COCCOc1cc(CN2CCC(O)(COc3ccc(C)cc3C)CC2)ccc1OC. The number of likely N-dealkylation sites (tertiary alicyclic amines) is 1. The Labute approximate surface area is 185 Å². The van der Waals surface area contributed by atoms with Crippen LogP contribution in [-0.4, -0.2) is 62.7 Å². The first-order chi connectivity index (χ1) is 14.9. The molecular weight excluding hydrogens is 394 g/mol. The second-order valence-corrected chi connectivity index (χ2v) is 8.38. The number of aryl methyl sites for hydroxylation is 2. The first-order valence-electron chi connectivity index (χ1n) is 10.9. The number of rotatable bonds is 10. The summed E-state index contributed by atoms with van der Waals surface area (Å²) in [6.07, 6.45) is 1.37. The number of nitrogens with zero attached hydrogens (tertiary/aromatic N) is 1. The number of ether oxygens (including phenoxy) is 4. The molecule has 0 aliphatic carbocycles. The van der Waals surface area contributed by atoms with E-state index in [1.54, 1.807) is 14.2 Å². The average molecular weight is 430 g/mol. The minimum Gasteiger partial charge on any atom is -0.493 e. The van der Waals surface area contributed by atoms with Crippen molar-refractivity contribution in [3.63, 3.8) is 0 Å². The number of methoxy groups -OCH3 is 2. The van der Waals surface area contributed by atoms with Crippen molar-refractivity contribution in [2.45, 2.75) is 38.8 Å². The molecule has 1 N–H and O–H groups in total. The highest BCUT2D eigenvalue weighted by Crippen LogP contribution is 2.30. The molecule has 6 heteroatoms. The molecule has 1 aliphatic rings. The summed E-state index contributed by atoms with van der Waals surface area (Å²) < 4.78 is 22.2. The van der Waals surface area contributed by atoms with Gasteiger partial charge in [-0.1, -0.05) is 23.8 Å². The third-order valence-corrected chi connectivity index (χ3v) is 5.79. The van der Waals surface area contributed by atoms with Crippen LogP contribution < -0.4 is 14.2 Å². The van der Waals surface area contributed by atoms with Gasteiger partial charge in [-0.2, -0.15) is 0 Å². The third kappa shape index (κ3) is 6.60. The van der Waals surface area contributed by atoms with Gasteiger partial charge in [0.15, 0.2) is 11.5 Å². The molecule has 2 aromatic rings. The van der Waals surface area contributed by atoms with Gasteiger partial charge in [-0.05, 0) is 56.0 Å². The van der Waals surface area contributed by atoms with E-state index in [1.807, 2.05) is 31.2 Å². The van der Waals surface area contributed by atoms with Crippen molar-refractivity contribution >= 4 is 0 Å². The third-order valence-electron chi connectivity index (χ3n) is 5.79. The van der Waals surface area contributed by atoms with Gasteiger partial charge in [-0.25, -0.2) is 0 Å². The molecule has 0 atom stereocenters. The van der Waals surface area contributed by atoms with Crippen LogP contribution in [0.5, 0.6) is 17.2 Å². The lowest BCUT2D eigenvalue weighted by Crippen LogP contribution is -2.47. The topological polar surface area (TPSA) is 60.4 Å². The average Bonchev–Trinajstić information content (AvgIpc) is 2.75. The van der Waals surface area contributed by atoms with E-state index >= 15 is 0 Å². The van der Waals surface area contributed by atoms with Gasteiger partial charge >= 0.3 is 0 Å². The monoisotopic (exact) mass is 429 g/mol. The Balaban J connectivity index is 1.52. The van der Waals surface area contributed by atoms with E-state index in [4.69, 9.17) is 18.9 Å². The Hall–Kier alpha value is -2.28. The molecule has 0 saturated carbocycles. The maximum atomic E-state index is 11.0. The van der Waals surface area contributed by atoms with Gasteiger partial charge in [0.05, 0.1) is 13.7 Å². The van der Waals surface area contributed by atoms with Crippen LogP contribution in [0.1, 0.15) is 29.5 Å². The molecule has 1 saturated heterocycles. The van der Waals surface area contributed by atoms with E-state index in [0.717, 1.165) is 48.0 Å². The van der Waals surface area contributed by atoms with E-state index in [-0.39, 0.29) is 0 Å². The predicted molar refractivity (Wildman–Crippen MR) is 121 cm³/mol. The van der Waals surface area contributed by atoms with Crippen LogP contribution in [0, 0.1) is 13.8 Å². The van der Waals surface area contributed by atoms with Crippen molar-refractivity contribution in [2.75, 3.05) is 47.1 Å². The zero-order valence-corrected chi connectivity index (χ0v) is 19.1. The van der Waals surface area contributed by atoms with Crippen LogP contribution in [0.15, 0.2) is 36.4 Å². The summed E-state index contributed by atoms with van der Waals surface area (Å²) in [6.45, 7) is 7.88. The summed E-state index contributed by atoms with van der Waals surface area (Å²) in [5, 5.41) is 11.0. The molecule has 1 heterocycles. The van der Waals surface area contributed by atoms with Gasteiger partial charge in [0.2, 0.25) is 0 Å². The Morgan fingerprint density at radius 3 is 2.32 bits per heavy atom. The van der Waals surface area contributed by atoms with E-state index in [0.29, 0.717) is 32.7 Å². The normalized spacial score (nSPS) is 16.2. The number of hydrogen-bond donors (Lipinski definition) is 1. The van der Waals surface area contributed by atoms with Gasteiger partial charge in [-0.3, -0.25) is 4.90 Å². The summed E-state index contributed by atoms with van der Waals surface area (Å²) >= 11 is 0. The first kappa shape index (κ1) is 23.4. The number of piperidine rings is 1. The molecule has 0 bridgehead atoms. The largest absolute Gasteiger partial charge is 0.493 e. The van der Waals surface area contributed by atoms with E-state index in [1.165, 1.54) is 5.56 Å². The molecule has 0 spiro atoms. The van der Waals surface area contributed by atoms with Crippen molar-refractivity contribution in [1.29, 1.82) is 0 Å². The van der Waals surface area contributed by atoms with Crippen LogP contribution in [0.2, 0.25) is 0 Å². The Morgan fingerprint density at radius 2 is 1.65 bits per heavy atom. The van der Waals surface area contributed by atoms with Gasteiger partial charge in [0.25, 0.3) is 0 Å². The fraction of sp³-hybridized carbons (Fsp3) is 0.520. The molecule has 2 aromatic carbocycles. The minimum atomic E-state index is -0.790. The fourth-order valence-corrected chi connectivity index (χ4v) is 3.87. The zero-order chi connectivity index (χ0) is 22.3. The molecule has 31 heavy (non-hydrogen) atoms. The molecule has 6 nitrogen and oxygen atoms in total. The van der Waals surface area contributed by atoms with Gasteiger partial charge in [0.1, 0.15) is 24.6 Å². The molecule has 0 radical (unpaired) electrons. The highest BCUT2D eigenvalue weighted by molar-refractivity contribution is 5.43. The van der Waals surface area contributed by atoms with Crippen LogP contribution in [0.3, 0.4) is 0 Å². The van der Waals surface area contributed by atoms with Crippen molar-refractivity contribution in [1.82, 2.24) is 4.90 Å². The number of aliphatic hydroxyl groups is 1. The Kier molecular flexibility index (Phi) is 8.18. The quantitative estimate of drug-likeness (QED) is 0.581. The molecule has 0 amide bonds. The molecule has 0 unspecified atom stereocenters. The number of hydrogen-bond acceptors (Lipinski definition) is 6. The molecule has 1 aliphatic heterocycles. The summed E-state index contributed by atoms with van der Waals surface area (Å²) in [4.78, 5) is 2.35. The van der Waals surface area contributed by atoms with Crippen LogP contribution in [0.25, 0.3) is 0 Å². The maximum absolute atomic E-state index is 11.0. The maximum Gasteiger partial charge on any atom is 0.161 e. The highest BCUT2D eigenvalue weighted by Gasteiger charge is 2.33. The van der Waals surface area contributed by atoms with Crippen molar-refractivity contribution < 1.29 is 24.1 Å². The van der Waals surface area contributed by atoms with Crippen molar-refractivity contribution in [2.24, 2.45) is 0 Å². The molecular formula is C25H35NO5. The second kappa shape index (κ2) is 10.8.